The second-order valence-electron chi connectivity index (χ2n) is 6.62. The van der Waals surface area contributed by atoms with E-state index in [1.807, 2.05) is 4.90 Å². The van der Waals surface area contributed by atoms with Crippen LogP contribution in [0.2, 0.25) is 0 Å². The van der Waals surface area contributed by atoms with Gasteiger partial charge in [0.1, 0.15) is 17.4 Å². The highest BCUT2D eigenvalue weighted by Gasteiger charge is 2.20. The molecule has 10 heteroatoms. The van der Waals surface area contributed by atoms with Crippen LogP contribution < -0.4 is 10.2 Å². The van der Waals surface area contributed by atoms with Gasteiger partial charge in [0, 0.05) is 60.6 Å². The van der Waals surface area contributed by atoms with Crippen LogP contribution in [0.3, 0.4) is 0 Å². The van der Waals surface area contributed by atoms with Crippen LogP contribution in [0.1, 0.15) is 10.4 Å². The fourth-order valence-corrected chi connectivity index (χ4v) is 3.13. The Kier molecular flexibility index (Phi) is 5.40. The quantitative estimate of drug-likeness (QED) is 0.582. The highest BCUT2D eigenvalue weighted by molar-refractivity contribution is 5.89. The zero-order valence-electron chi connectivity index (χ0n) is 15.7. The topological polar surface area (TPSA) is 121 Å². The number of carboxylic acid groups (broad SMARTS) is 1. The molecule has 0 saturated carbocycles. The molecule has 0 radical (unpaired) electrons. The highest BCUT2D eigenvalue weighted by Crippen LogP contribution is 2.31. The van der Waals surface area contributed by atoms with Crippen LogP contribution in [0, 0.1) is 5.82 Å². The summed E-state index contributed by atoms with van der Waals surface area (Å²) < 4.78 is 19.0. The fraction of sp³-hybridized carbons (Fsp3) is 0.200. The lowest BCUT2D eigenvalue weighted by Crippen LogP contribution is -2.37. The number of benzene rings is 1. The summed E-state index contributed by atoms with van der Waals surface area (Å²) in [5, 5.41) is 21.7. The van der Waals surface area contributed by atoms with Gasteiger partial charge in [-0.05, 0) is 12.1 Å². The van der Waals surface area contributed by atoms with Crippen molar-refractivity contribution in [2.75, 3.05) is 36.5 Å². The Morgan fingerprint density at radius 3 is 2.67 bits per heavy atom. The van der Waals surface area contributed by atoms with E-state index in [1.165, 1.54) is 24.4 Å². The van der Waals surface area contributed by atoms with Crippen molar-refractivity contribution in [2.24, 2.45) is 0 Å². The molecule has 1 aromatic carbocycles. The van der Waals surface area contributed by atoms with Gasteiger partial charge in [0.15, 0.2) is 0 Å². The van der Waals surface area contributed by atoms with Gasteiger partial charge in [-0.2, -0.15) is 4.98 Å². The Labute approximate surface area is 170 Å². The number of aromatic nitrogens is 3. The maximum absolute atomic E-state index is 13.6. The first kappa shape index (κ1) is 19.5. The van der Waals surface area contributed by atoms with Crippen LogP contribution in [0.5, 0.6) is 5.75 Å². The van der Waals surface area contributed by atoms with Gasteiger partial charge >= 0.3 is 5.97 Å². The molecule has 9 nitrogen and oxygen atoms in total. The molecule has 3 N–H and O–H groups in total. The summed E-state index contributed by atoms with van der Waals surface area (Å²) >= 11 is 0. The van der Waals surface area contributed by atoms with Gasteiger partial charge in [0.2, 0.25) is 5.95 Å². The van der Waals surface area contributed by atoms with E-state index in [0.717, 1.165) is 6.07 Å². The number of phenolic OH excluding ortho intramolecular Hbond substituents is 1. The van der Waals surface area contributed by atoms with Gasteiger partial charge in [0.05, 0.1) is 18.8 Å². The zero-order valence-corrected chi connectivity index (χ0v) is 15.7. The molecule has 30 heavy (non-hydrogen) atoms. The van der Waals surface area contributed by atoms with Crippen LogP contribution in [-0.4, -0.2) is 57.4 Å². The molecule has 0 atom stereocenters. The van der Waals surface area contributed by atoms with E-state index in [4.69, 9.17) is 4.74 Å². The van der Waals surface area contributed by atoms with Crippen molar-refractivity contribution < 1.29 is 24.1 Å². The minimum Gasteiger partial charge on any atom is -0.508 e. The number of nitrogens with one attached hydrogen (secondary N) is 1. The largest absolute Gasteiger partial charge is 0.508 e. The van der Waals surface area contributed by atoms with Crippen LogP contribution in [0.4, 0.5) is 21.8 Å². The van der Waals surface area contributed by atoms with Crippen LogP contribution in [0.25, 0.3) is 11.1 Å². The predicted octanol–water partition coefficient (Wildman–Crippen LogP) is 2.66. The van der Waals surface area contributed by atoms with Crippen LogP contribution in [-0.2, 0) is 4.74 Å². The first-order chi connectivity index (χ1) is 14.5. The van der Waals surface area contributed by atoms with Crippen molar-refractivity contribution in [3.05, 3.63) is 54.2 Å². The molecule has 1 saturated heterocycles. The lowest BCUT2D eigenvalue weighted by Gasteiger charge is -2.29. The molecule has 1 aliphatic rings. The standard InChI is InChI=1S/C20H18FN5O4/c21-14-6-15(8-16(27)7-14)24-20-23-11-17(12-5-13(19(28)29)10-22-9-12)18(25-20)26-1-3-30-4-2-26/h5-11,27H,1-4H2,(H,28,29)(H,23,24,25). The number of ether oxygens (including phenoxy) is 1. The number of pyridine rings is 1. The van der Waals surface area contributed by atoms with Crippen LogP contribution in [0.15, 0.2) is 42.9 Å². The first-order valence-electron chi connectivity index (χ1n) is 9.14. The third-order valence-electron chi connectivity index (χ3n) is 4.51. The molecular formula is C20H18FN5O4. The fourth-order valence-electron chi connectivity index (χ4n) is 3.13. The summed E-state index contributed by atoms with van der Waals surface area (Å²) in [6, 6.07) is 5.08. The highest BCUT2D eigenvalue weighted by atomic mass is 19.1. The molecule has 0 unspecified atom stereocenters. The van der Waals surface area contributed by atoms with Gasteiger partial charge in [-0.15, -0.1) is 0 Å². The van der Waals surface area contributed by atoms with E-state index in [1.54, 1.807) is 12.4 Å². The van der Waals surface area contributed by atoms with E-state index in [2.05, 4.69) is 20.3 Å². The SMILES string of the molecule is O=C(O)c1cncc(-c2cnc(Nc3cc(O)cc(F)c3)nc2N2CCOCC2)c1. The second-order valence-corrected chi connectivity index (χ2v) is 6.62. The molecule has 0 bridgehead atoms. The summed E-state index contributed by atoms with van der Waals surface area (Å²) in [7, 11) is 0. The molecule has 0 spiro atoms. The Balaban J connectivity index is 1.74. The van der Waals surface area contributed by atoms with Crippen molar-refractivity contribution in [3.63, 3.8) is 0 Å². The first-order valence-corrected chi connectivity index (χ1v) is 9.14. The number of phenols is 1. The predicted molar refractivity (Wildman–Crippen MR) is 107 cm³/mol. The number of rotatable bonds is 5. The van der Waals surface area contributed by atoms with Crippen molar-refractivity contribution in [1.82, 2.24) is 15.0 Å². The number of carbonyl (C=O) groups is 1. The minimum absolute atomic E-state index is 0.0536. The second kappa shape index (κ2) is 8.29. The van der Waals surface area contributed by atoms with E-state index in [9.17, 15) is 19.4 Å². The van der Waals surface area contributed by atoms with E-state index < -0.39 is 11.8 Å². The van der Waals surface area contributed by atoms with Gasteiger partial charge < -0.3 is 25.2 Å². The molecule has 3 aromatic rings. The Hall–Kier alpha value is -3.79. The number of carboxylic acids is 1. The normalized spacial score (nSPS) is 13.8. The molecule has 154 valence electrons. The number of halogens is 1. The lowest BCUT2D eigenvalue weighted by molar-refractivity contribution is 0.0696. The maximum atomic E-state index is 13.6. The average molecular weight is 411 g/mol. The lowest BCUT2D eigenvalue weighted by atomic mass is 10.1. The van der Waals surface area contributed by atoms with E-state index in [0.29, 0.717) is 48.9 Å². The molecule has 4 rings (SSSR count). The number of anilines is 3. The molecule has 1 aliphatic heterocycles. The number of hydrogen-bond acceptors (Lipinski definition) is 8. The number of nitrogens with zero attached hydrogens (tertiary/aromatic N) is 4. The summed E-state index contributed by atoms with van der Waals surface area (Å²) in [5.41, 5.74) is 1.52. The summed E-state index contributed by atoms with van der Waals surface area (Å²) in [6.45, 7) is 2.24. The van der Waals surface area contributed by atoms with Crippen molar-refractivity contribution in [1.29, 1.82) is 0 Å². The Morgan fingerprint density at radius 1 is 1.13 bits per heavy atom. The Morgan fingerprint density at radius 2 is 1.93 bits per heavy atom. The molecule has 1 fully saturated rings. The molecule has 2 aromatic heterocycles. The summed E-state index contributed by atoms with van der Waals surface area (Å²) in [6.07, 6.45) is 4.38. The molecule has 0 aliphatic carbocycles. The number of aromatic carboxylic acids is 1. The van der Waals surface area contributed by atoms with Gasteiger partial charge in [0.25, 0.3) is 0 Å². The zero-order chi connectivity index (χ0) is 21.1. The van der Waals surface area contributed by atoms with Crippen molar-refractivity contribution in [2.45, 2.75) is 0 Å². The van der Waals surface area contributed by atoms with Crippen molar-refractivity contribution in [3.8, 4) is 16.9 Å². The third kappa shape index (κ3) is 4.28. The molecule has 0 amide bonds. The van der Waals surface area contributed by atoms with Crippen molar-refractivity contribution >= 4 is 23.4 Å². The smallest absolute Gasteiger partial charge is 0.337 e. The number of hydrogen-bond donors (Lipinski definition) is 3. The number of aromatic hydroxyl groups is 1. The van der Waals surface area contributed by atoms with Gasteiger partial charge in [-0.3, -0.25) is 4.98 Å². The van der Waals surface area contributed by atoms with Crippen LogP contribution >= 0.6 is 0 Å². The Bertz CT molecular complexity index is 1070. The molecular weight excluding hydrogens is 393 g/mol. The monoisotopic (exact) mass is 411 g/mol. The molecule has 3 heterocycles. The van der Waals surface area contributed by atoms with E-state index >= 15 is 0 Å². The third-order valence-corrected chi connectivity index (χ3v) is 4.51. The summed E-state index contributed by atoms with van der Waals surface area (Å²) in [4.78, 5) is 26.2. The number of morpholine rings is 1. The van der Waals surface area contributed by atoms with E-state index in [-0.39, 0.29) is 17.3 Å². The summed E-state index contributed by atoms with van der Waals surface area (Å²) in [5.74, 6) is -1.13. The average Bonchev–Trinajstić information content (AvgIpc) is 2.74. The minimum atomic E-state index is -1.08. The van der Waals surface area contributed by atoms with Gasteiger partial charge in [-0.1, -0.05) is 0 Å². The van der Waals surface area contributed by atoms with Gasteiger partial charge in [-0.25, -0.2) is 14.2 Å². The maximum Gasteiger partial charge on any atom is 0.337 e.